The molecule has 2 unspecified atom stereocenters. The molecule has 0 saturated heterocycles. The molecule has 2 atom stereocenters. The van der Waals surface area contributed by atoms with Gasteiger partial charge in [-0.1, -0.05) is 31.2 Å². The Labute approximate surface area is 165 Å². The van der Waals surface area contributed by atoms with Gasteiger partial charge in [0.1, 0.15) is 13.2 Å². The molecule has 2 aromatic rings. The van der Waals surface area contributed by atoms with Crippen LogP contribution in [-0.2, 0) is 11.3 Å². The molecule has 4 rings (SSSR count). The zero-order valence-electron chi connectivity index (χ0n) is 15.4. The first-order chi connectivity index (χ1) is 12.8. The lowest BCUT2D eigenvalue weighted by atomic mass is 10.1. The van der Waals surface area contributed by atoms with E-state index in [0.717, 1.165) is 47.8 Å². The van der Waals surface area contributed by atoms with Crippen molar-refractivity contribution in [2.75, 3.05) is 25.1 Å². The molecular formula is C21H25ClN2O3. The summed E-state index contributed by atoms with van der Waals surface area (Å²) in [5, 5.41) is 6.42. The number of hydrogen-bond donors (Lipinski definition) is 2. The van der Waals surface area contributed by atoms with Gasteiger partial charge in [-0.3, -0.25) is 4.79 Å². The standard InChI is InChI=1S/C21H24N2O3.ClH/c1-2-22-13-15-5-3-4-6-18(15)23-21(24)17-12-16(17)14-7-8-19-20(11-14)26-10-9-25-19;/h3-8,11,16-17,22H,2,9-10,12-13H2,1H3,(H,23,24);1H. The van der Waals surface area contributed by atoms with Crippen LogP contribution in [0.15, 0.2) is 42.5 Å². The van der Waals surface area contributed by atoms with Gasteiger partial charge in [-0.15, -0.1) is 12.4 Å². The van der Waals surface area contributed by atoms with Crippen molar-refractivity contribution in [2.24, 2.45) is 5.92 Å². The van der Waals surface area contributed by atoms with Gasteiger partial charge in [0.05, 0.1) is 0 Å². The fourth-order valence-electron chi connectivity index (χ4n) is 3.43. The number of carbonyl (C=O) groups is 1. The second-order valence-corrected chi connectivity index (χ2v) is 6.78. The van der Waals surface area contributed by atoms with Gasteiger partial charge in [0, 0.05) is 18.2 Å². The molecule has 0 bridgehead atoms. The van der Waals surface area contributed by atoms with Crippen LogP contribution in [-0.4, -0.2) is 25.7 Å². The van der Waals surface area contributed by atoms with Crippen molar-refractivity contribution in [3.05, 3.63) is 53.6 Å². The van der Waals surface area contributed by atoms with E-state index in [9.17, 15) is 4.79 Å². The lowest BCUT2D eigenvalue weighted by Crippen LogP contribution is -2.18. The third-order valence-electron chi connectivity index (χ3n) is 4.96. The summed E-state index contributed by atoms with van der Waals surface area (Å²) in [6, 6.07) is 14.0. The summed E-state index contributed by atoms with van der Waals surface area (Å²) in [6.45, 7) is 4.89. The number of halogens is 1. The van der Waals surface area contributed by atoms with Gasteiger partial charge in [-0.2, -0.15) is 0 Å². The molecule has 1 heterocycles. The van der Waals surface area contributed by atoms with Crippen LogP contribution in [0.1, 0.15) is 30.4 Å². The molecule has 1 amide bonds. The summed E-state index contributed by atoms with van der Waals surface area (Å²) in [5.74, 6) is 1.94. The summed E-state index contributed by atoms with van der Waals surface area (Å²) in [7, 11) is 0. The van der Waals surface area contributed by atoms with Crippen molar-refractivity contribution in [1.82, 2.24) is 5.32 Å². The van der Waals surface area contributed by atoms with Crippen LogP contribution in [0.4, 0.5) is 5.69 Å². The van der Waals surface area contributed by atoms with Crippen LogP contribution in [0.3, 0.4) is 0 Å². The third-order valence-corrected chi connectivity index (χ3v) is 4.96. The lowest BCUT2D eigenvalue weighted by Gasteiger charge is -2.18. The van der Waals surface area contributed by atoms with E-state index in [2.05, 4.69) is 17.6 Å². The highest BCUT2D eigenvalue weighted by Gasteiger charge is 2.44. The molecule has 1 aliphatic carbocycles. The Hall–Kier alpha value is -2.24. The molecule has 2 aromatic carbocycles. The minimum Gasteiger partial charge on any atom is -0.486 e. The molecule has 6 heteroatoms. The maximum atomic E-state index is 12.7. The number of amides is 1. The smallest absolute Gasteiger partial charge is 0.228 e. The van der Waals surface area contributed by atoms with Gasteiger partial charge in [-0.25, -0.2) is 0 Å². The highest BCUT2D eigenvalue weighted by molar-refractivity contribution is 5.95. The first kappa shape index (κ1) is 19.5. The summed E-state index contributed by atoms with van der Waals surface area (Å²) < 4.78 is 11.2. The molecule has 0 radical (unpaired) electrons. The predicted molar refractivity (Wildman–Crippen MR) is 108 cm³/mol. The van der Waals surface area contributed by atoms with Crippen molar-refractivity contribution in [1.29, 1.82) is 0 Å². The highest BCUT2D eigenvalue weighted by atomic mass is 35.5. The van der Waals surface area contributed by atoms with Crippen LogP contribution in [0.2, 0.25) is 0 Å². The summed E-state index contributed by atoms with van der Waals surface area (Å²) in [4.78, 5) is 12.7. The zero-order chi connectivity index (χ0) is 17.9. The number of fused-ring (bicyclic) bond motifs is 1. The van der Waals surface area contributed by atoms with Crippen LogP contribution in [0, 0.1) is 5.92 Å². The molecule has 27 heavy (non-hydrogen) atoms. The van der Waals surface area contributed by atoms with E-state index in [0.29, 0.717) is 13.2 Å². The molecule has 1 aliphatic heterocycles. The molecular weight excluding hydrogens is 364 g/mol. The topological polar surface area (TPSA) is 59.6 Å². The molecule has 2 aliphatic rings. The van der Waals surface area contributed by atoms with Gasteiger partial charge >= 0.3 is 0 Å². The predicted octanol–water partition coefficient (Wildman–Crippen LogP) is 3.73. The van der Waals surface area contributed by atoms with Crippen molar-refractivity contribution in [3.63, 3.8) is 0 Å². The molecule has 0 aromatic heterocycles. The number of benzene rings is 2. The minimum atomic E-state index is 0. The summed E-state index contributed by atoms with van der Waals surface area (Å²) in [6.07, 6.45) is 0.876. The first-order valence-electron chi connectivity index (χ1n) is 9.25. The second-order valence-electron chi connectivity index (χ2n) is 6.78. The van der Waals surface area contributed by atoms with Crippen LogP contribution >= 0.6 is 12.4 Å². The van der Waals surface area contributed by atoms with E-state index in [4.69, 9.17) is 9.47 Å². The Morgan fingerprint density at radius 2 is 1.89 bits per heavy atom. The minimum absolute atomic E-state index is 0. The van der Waals surface area contributed by atoms with E-state index in [-0.39, 0.29) is 30.2 Å². The fourth-order valence-corrected chi connectivity index (χ4v) is 3.43. The number of nitrogens with one attached hydrogen (secondary N) is 2. The van der Waals surface area contributed by atoms with Crippen LogP contribution in [0.5, 0.6) is 11.5 Å². The van der Waals surface area contributed by atoms with Crippen LogP contribution in [0.25, 0.3) is 0 Å². The fraction of sp³-hybridized carbons (Fsp3) is 0.381. The molecule has 5 nitrogen and oxygen atoms in total. The van der Waals surface area contributed by atoms with E-state index in [1.807, 2.05) is 42.5 Å². The number of hydrogen-bond acceptors (Lipinski definition) is 4. The molecule has 144 valence electrons. The van der Waals surface area contributed by atoms with Gasteiger partial charge in [0.15, 0.2) is 11.5 Å². The van der Waals surface area contributed by atoms with Crippen LogP contribution < -0.4 is 20.1 Å². The van der Waals surface area contributed by atoms with Gasteiger partial charge in [-0.05, 0) is 48.2 Å². The van der Waals surface area contributed by atoms with Crippen molar-refractivity contribution >= 4 is 24.0 Å². The van der Waals surface area contributed by atoms with Gasteiger partial charge < -0.3 is 20.1 Å². The maximum Gasteiger partial charge on any atom is 0.228 e. The third kappa shape index (κ3) is 4.37. The Morgan fingerprint density at radius 1 is 1.11 bits per heavy atom. The van der Waals surface area contributed by atoms with Crippen molar-refractivity contribution in [2.45, 2.75) is 25.8 Å². The first-order valence-corrected chi connectivity index (χ1v) is 9.25. The molecule has 0 spiro atoms. The number of ether oxygens (including phenoxy) is 2. The quantitative estimate of drug-likeness (QED) is 0.791. The van der Waals surface area contributed by atoms with E-state index in [1.54, 1.807) is 0 Å². The summed E-state index contributed by atoms with van der Waals surface area (Å²) >= 11 is 0. The number of para-hydroxylation sites is 1. The average Bonchev–Trinajstić information content (AvgIpc) is 3.48. The zero-order valence-corrected chi connectivity index (χ0v) is 16.2. The number of rotatable bonds is 6. The van der Waals surface area contributed by atoms with Crippen molar-refractivity contribution in [3.8, 4) is 11.5 Å². The lowest BCUT2D eigenvalue weighted by molar-refractivity contribution is -0.117. The average molecular weight is 389 g/mol. The monoisotopic (exact) mass is 388 g/mol. The summed E-state index contributed by atoms with van der Waals surface area (Å²) in [5.41, 5.74) is 3.15. The van der Waals surface area contributed by atoms with Gasteiger partial charge in [0.2, 0.25) is 5.91 Å². The highest BCUT2D eigenvalue weighted by Crippen LogP contribution is 2.49. The molecule has 1 saturated carbocycles. The van der Waals surface area contributed by atoms with E-state index >= 15 is 0 Å². The Kier molecular flexibility index (Phi) is 6.24. The SMILES string of the molecule is CCNCc1ccccc1NC(=O)C1CC1c1ccc2c(c1)OCCO2.Cl. The van der Waals surface area contributed by atoms with E-state index in [1.165, 1.54) is 0 Å². The maximum absolute atomic E-state index is 12.7. The normalized spacial score (nSPS) is 19.7. The van der Waals surface area contributed by atoms with Crippen molar-refractivity contribution < 1.29 is 14.3 Å². The Balaban J connectivity index is 0.00000210. The number of anilines is 1. The molecule has 2 N–H and O–H groups in total. The second kappa shape index (κ2) is 8.63. The number of carbonyl (C=O) groups excluding carboxylic acids is 1. The molecule has 1 fully saturated rings. The Morgan fingerprint density at radius 3 is 2.70 bits per heavy atom. The van der Waals surface area contributed by atoms with E-state index < -0.39 is 0 Å². The van der Waals surface area contributed by atoms with Gasteiger partial charge in [0.25, 0.3) is 0 Å². The largest absolute Gasteiger partial charge is 0.486 e. The Bertz CT molecular complexity index is 812.